The van der Waals surface area contributed by atoms with E-state index in [1.807, 2.05) is 11.6 Å². The molecule has 1 aliphatic rings. The van der Waals surface area contributed by atoms with E-state index in [0.29, 0.717) is 18.2 Å². The Balaban J connectivity index is 1.60. The Bertz CT molecular complexity index is 763. The van der Waals surface area contributed by atoms with E-state index in [-0.39, 0.29) is 11.9 Å². The number of nitrogens with one attached hydrogen (secondary N) is 1. The summed E-state index contributed by atoms with van der Waals surface area (Å²) in [5.41, 5.74) is 2.54. The molecule has 8 nitrogen and oxygen atoms in total. The average Bonchev–Trinajstić information content (AvgIpc) is 3.12. The Morgan fingerprint density at radius 1 is 1.27 bits per heavy atom. The molecular weight excluding hydrogens is 330 g/mol. The van der Waals surface area contributed by atoms with E-state index in [0.717, 1.165) is 43.0 Å². The average molecular weight is 357 g/mol. The summed E-state index contributed by atoms with van der Waals surface area (Å²) in [7, 11) is 0. The summed E-state index contributed by atoms with van der Waals surface area (Å²) in [6, 6.07) is 0.258. The number of carbonyl (C=O) groups is 1. The number of hydrogen-bond donors (Lipinski definition) is 1. The second kappa shape index (κ2) is 7.80. The zero-order chi connectivity index (χ0) is 18.7. The minimum absolute atomic E-state index is 0.158. The Morgan fingerprint density at radius 3 is 2.69 bits per heavy atom. The lowest BCUT2D eigenvalue weighted by Gasteiger charge is -2.33. The van der Waals surface area contributed by atoms with E-state index < -0.39 is 0 Å². The molecule has 2 aromatic rings. The highest BCUT2D eigenvalue weighted by molar-refractivity contribution is 5.91. The van der Waals surface area contributed by atoms with Gasteiger partial charge in [0.1, 0.15) is 12.1 Å². The molecule has 3 heterocycles. The van der Waals surface area contributed by atoms with Crippen LogP contribution >= 0.6 is 0 Å². The van der Waals surface area contributed by atoms with Gasteiger partial charge in [-0.25, -0.2) is 14.6 Å². The summed E-state index contributed by atoms with van der Waals surface area (Å²) in [5.74, 6) is 1.27. The van der Waals surface area contributed by atoms with Crippen LogP contribution in [0.25, 0.3) is 0 Å². The molecule has 3 rings (SSSR count). The maximum Gasteiger partial charge on any atom is 0.273 e. The lowest BCUT2D eigenvalue weighted by molar-refractivity contribution is 0.0944. The van der Waals surface area contributed by atoms with Crippen LogP contribution in [0, 0.1) is 19.8 Å². The highest BCUT2D eigenvalue weighted by Gasteiger charge is 2.24. The van der Waals surface area contributed by atoms with Crippen LogP contribution in [-0.2, 0) is 0 Å². The van der Waals surface area contributed by atoms with Crippen molar-refractivity contribution in [1.29, 1.82) is 0 Å². The lowest BCUT2D eigenvalue weighted by Crippen LogP contribution is -2.36. The molecule has 0 aromatic carbocycles. The van der Waals surface area contributed by atoms with Crippen LogP contribution in [0.2, 0.25) is 0 Å². The first-order valence-electron chi connectivity index (χ1n) is 9.19. The number of nitrogens with zero attached hydrogens (tertiary/aromatic N) is 6. The van der Waals surface area contributed by atoms with Crippen molar-refractivity contribution in [3.05, 3.63) is 29.5 Å². The van der Waals surface area contributed by atoms with E-state index in [1.54, 1.807) is 12.5 Å². The SMILES string of the molecule is Cc1ncnc(N2CCC(n3cc(C(=O)NCC(C)C)nn3)CC2)c1C. The van der Waals surface area contributed by atoms with Gasteiger partial charge in [-0.3, -0.25) is 4.79 Å². The molecule has 0 aliphatic carbocycles. The second-order valence-corrected chi connectivity index (χ2v) is 7.31. The Kier molecular flexibility index (Phi) is 5.49. The number of anilines is 1. The van der Waals surface area contributed by atoms with Crippen molar-refractivity contribution >= 4 is 11.7 Å². The highest BCUT2D eigenvalue weighted by atomic mass is 16.2. The summed E-state index contributed by atoms with van der Waals surface area (Å²) in [6.45, 7) is 10.6. The van der Waals surface area contributed by atoms with Crippen LogP contribution in [0.3, 0.4) is 0 Å². The number of aromatic nitrogens is 5. The standard InChI is InChI=1S/C18H27N7O/c1-12(2)9-19-18(26)16-10-25(23-22-16)15-5-7-24(8-6-15)17-13(3)14(4)20-11-21-17/h10-12,15H,5-9H2,1-4H3,(H,19,26). The zero-order valence-corrected chi connectivity index (χ0v) is 15.9. The predicted molar refractivity (Wildman–Crippen MR) is 99.2 cm³/mol. The van der Waals surface area contributed by atoms with Gasteiger partial charge in [0.05, 0.1) is 12.2 Å². The van der Waals surface area contributed by atoms with E-state index >= 15 is 0 Å². The molecule has 1 N–H and O–H groups in total. The molecular formula is C18H27N7O. The molecule has 1 amide bonds. The second-order valence-electron chi connectivity index (χ2n) is 7.31. The van der Waals surface area contributed by atoms with Crippen LogP contribution < -0.4 is 10.2 Å². The molecule has 140 valence electrons. The summed E-state index contributed by atoms with van der Waals surface area (Å²) in [5, 5.41) is 11.1. The number of amides is 1. The van der Waals surface area contributed by atoms with Gasteiger partial charge in [-0.15, -0.1) is 5.10 Å². The van der Waals surface area contributed by atoms with Crippen LogP contribution in [0.15, 0.2) is 12.5 Å². The number of carbonyl (C=O) groups excluding carboxylic acids is 1. The minimum Gasteiger partial charge on any atom is -0.356 e. The van der Waals surface area contributed by atoms with Crippen molar-refractivity contribution in [3.8, 4) is 0 Å². The van der Waals surface area contributed by atoms with Gasteiger partial charge in [0, 0.05) is 30.9 Å². The van der Waals surface area contributed by atoms with Gasteiger partial charge >= 0.3 is 0 Å². The van der Waals surface area contributed by atoms with Crippen molar-refractivity contribution in [2.75, 3.05) is 24.5 Å². The first-order valence-corrected chi connectivity index (χ1v) is 9.19. The normalized spacial score (nSPS) is 15.5. The molecule has 0 radical (unpaired) electrons. The molecule has 2 aromatic heterocycles. The first kappa shape index (κ1) is 18.3. The van der Waals surface area contributed by atoms with Crippen LogP contribution in [0.1, 0.15) is 54.5 Å². The number of aryl methyl sites for hydroxylation is 1. The summed E-state index contributed by atoms with van der Waals surface area (Å²) < 4.78 is 1.83. The smallest absolute Gasteiger partial charge is 0.273 e. The highest BCUT2D eigenvalue weighted by Crippen LogP contribution is 2.27. The molecule has 0 spiro atoms. The van der Waals surface area contributed by atoms with Gasteiger partial charge in [0.25, 0.3) is 5.91 Å². The third-order valence-corrected chi connectivity index (χ3v) is 4.86. The van der Waals surface area contributed by atoms with E-state index in [4.69, 9.17) is 0 Å². The molecule has 26 heavy (non-hydrogen) atoms. The Morgan fingerprint density at radius 2 is 2.00 bits per heavy atom. The van der Waals surface area contributed by atoms with Gasteiger partial charge in [-0.2, -0.15) is 0 Å². The molecule has 0 atom stereocenters. The van der Waals surface area contributed by atoms with Crippen molar-refractivity contribution in [2.45, 2.75) is 46.6 Å². The summed E-state index contributed by atoms with van der Waals surface area (Å²) >= 11 is 0. The van der Waals surface area contributed by atoms with Gasteiger partial charge in [-0.05, 0) is 32.6 Å². The Hall–Kier alpha value is -2.51. The number of hydrogen-bond acceptors (Lipinski definition) is 6. The summed E-state index contributed by atoms with van der Waals surface area (Å²) in [6.07, 6.45) is 5.27. The van der Waals surface area contributed by atoms with Crippen molar-refractivity contribution in [1.82, 2.24) is 30.3 Å². The molecule has 1 fully saturated rings. The third-order valence-electron chi connectivity index (χ3n) is 4.86. The molecule has 0 unspecified atom stereocenters. The van der Waals surface area contributed by atoms with Gasteiger partial charge < -0.3 is 10.2 Å². The maximum atomic E-state index is 12.1. The van der Waals surface area contributed by atoms with Crippen molar-refractivity contribution in [3.63, 3.8) is 0 Å². The topological polar surface area (TPSA) is 88.8 Å². The number of piperidine rings is 1. The minimum atomic E-state index is -0.158. The van der Waals surface area contributed by atoms with E-state index in [9.17, 15) is 4.79 Å². The molecule has 8 heteroatoms. The molecule has 0 bridgehead atoms. The van der Waals surface area contributed by atoms with E-state index in [1.165, 1.54) is 0 Å². The van der Waals surface area contributed by atoms with Gasteiger partial charge in [0.15, 0.2) is 5.69 Å². The Labute approximate surface area is 154 Å². The predicted octanol–water partition coefficient (Wildman–Crippen LogP) is 1.91. The lowest BCUT2D eigenvalue weighted by atomic mass is 10.0. The molecule has 1 aliphatic heterocycles. The maximum absolute atomic E-state index is 12.1. The van der Waals surface area contributed by atoms with Gasteiger partial charge in [-0.1, -0.05) is 19.1 Å². The van der Waals surface area contributed by atoms with E-state index in [2.05, 4.69) is 51.3 Å². The number of rotatable bonds is 5. The van der Waals surface area contributed by atoms with Crippen LogP contribution in [0.5, 0.6) is 0 Å². The van der Waals surface area contributed by atoms with Crippen LogP contribution in [0.4, 0.5) is 5.82 Å². The van der Waals surface area contributed by atoms with Crippen molar-refractivity contribution < 1.29 is 4.79 Å². The third kappa shape index (κ3) is 4.00. The monoisotopic (exact) mass is 357 g/mol. The fourth-order valence-electron chi connectivity index (χ4n) is 3.13. The quantitative estimate of drug-likeness (QED) is 0.879. The summed E-state index contributed by atoms with van der Waals surface area (Å²) in [4.78, 5) is 23.1. The fraction of sp³-hybridized carbons (Fsp3) is 0.611. The van der Waals surface area contributed by atoms with Crippen molar-refractivity contribution in [2.24, 2.45) is 5.92 Å². The molecule has 1 saturated heterocycles. The van der Waals surface area contributed by atoms with Crippen LogP contribution in [-0.4, -0.2) is 50.5 Å². The molecule has 0 saturated carbocycles. The van der Waals surface area contributed by atoms with Gasteiger partial charge in [0.2, 0.25) is 0 Å². The zero-order valence-electron chi connectivity index (χ0n) is 15.9. The largest absolute Gasteiger partial charge is 0.356 e. The fourth-order valence-corrected chi connectivity index (χ4v) is 3.13. The first-order chi connectivity index (χ1) is 12.5.